The second kappa shape index (κ2) is 11.2. The molecule has 0 amide bonds. The topological polar surface area (TPSA) is 161 Å². The summed E-state index contributed by atoms with van der Waals surface area (Å²) in [6, 6.07) is 11.3. The quantitative estimate of drug-likeness (QED) is 0.221. The zero-order valence-corrected chi connectivity index (χ0v) is 19.0. The maximum Gasteiger partial charge on any atom is 0.240 e. The van der Waals surface area contributed by atoms with E-state index in [2.05, 4.69) is 15.0 Å². The number of nitrogens with one attached hydrogen (secondary N) is 1. The molecule has 0 atom stereocenters. The van der Waals surface area contributed by atoms with Crippen molar-refractivity contribution in [2.75, 3.05) is 20.3 Å². The number of aromatic carboxylic acids is 1. The van der Waals surface area contributed by atoms with E-state index in [0.29, 0.717) is 23.8 Å². The number of azo groups is 1. The second-order valence-electron chi connectivity index (χ2n) is 6.72. The van der Waals surface area contributed by atoms with E-state index in [1.807, 2.05) is 0 Å². The number of hydrogen-bond acceptors (Lipinski definition) is 9. The van der Waals surface area contributed by atoms with Crippen molar-refractivity contribution in [1.82, 2.24) is 4.72 Å². The first-order valence-corrected chi connectivity index (χ1v) is 10.9. The molecule has 0 unspecified atom stereocenters. The molecule has 0 aliphatic carbocycles. The zero-order valence-electron chi connectivity index (χ0n) is 17.3. The molecule has 0 saturated heterocycles. The normalized spacial score (nSPS) is 11.5. The van der Waals surface area contributed by atoms with E-state index in [1.54, 1.807) is 24.3 Å². The Balaban J connectivity index is 0.00000385. The van der Waals surface area contributed by atoms with Gasteiger partial charge >= 0.3 is 0 Å². The first-order valence-electron chi connectivity index (χ1n) is 9.44. The van der Waals surface area contributed by atoms with Crippen LogP contribution in [-0.2, 0) is 31.8 Å². The molecular weight excluding hydrogens is 502 g/mol. The maximum atomic E-state index is 12.5. The number of rotatable bonds is 9. The molecule has 0 aliphatic heterocycles. The summed E-state index contributed by atoms with van der Waals surface area (Å²) in [5.41, 5.74) is -0.821. The number of fused-ring (bicyclic) bond motifs is 1. The van der Waals surface area contributed by atoms with Crippen molar-refractivity contribution in [1.29, 1.82) is 0 Å². The molecule has 179 valence electrons. The Bertz CT molecular complexity index is 1300. The number of carbonyl (C=O) groups is 1. The van der Waals surface area contributed by atoms with Gasteiger partial charge in [0.05, 0.1) is 10.9 Å². The number of ether oxygens (including phenoxy) is 1. The van der Waals surface area contributed by atoms with Crippen molar-refractivity contribution in [2.24, 2.45) is 10.2 Å². The van der Waals surface area contributed by atoms with Gasteiger partial charge in [0.25, 0.3) is 0 Å². The van der Waals surface area contributed by atoms with Gasteiger partial charge in [0.2, 0.25) is 10.0 Å². The molecule has 0 aliphatic rings. The van der Waals surface area contributed by atoms with Crippen LogP contribution in [0.4, 0.5) is 11.4 Å². The van der Waals surface area contributed by atoms with Gasteiger partial charge in [0.15, 0.2) is 5.75 Å². The SMILES string of the molecule is COCCCNS(=O)(=O)c1ccc(O)c(N=Nc2c(O)c(C(=O)[O-])cc3ccccc23)c1.[Cu]. The molecule has 3 aromatic carbocycles. The van der Waals surface area contributed by atoms with Crippen molar-refractivity contribution >= 4 is 38.1 Å². The standard InChI is InChI=1S/C21H21N3O7S.Cu/c1-31-10-4-9-22-32(29,30)14-7-8-18(25)17(12-14)23-24-19-15-6-3-2-5-13(15)11-16(20(19)26)21(27)28;/h2-3,5-8,11-12,22,25-26H,4,9-10H2,1H3,(H,27,28);/p-1. The third-order valence-electron chi connectivity index (χ3n) is 4.55. The van der Waals surface area contributed by atoms with E-state index < -0.39 is 27.3 Å². The molecule has 0 spiro atoms. The fourth-order valence-corrected chi connectivity index (χ4v) is 4.03. The summed E-state index contributed by atoms with van der Waals surface area (Å²) in [4.78, 5) is 11.2. The Labute approximate surface area is 200 Å². The number of phenolic OH excluding ortho intramolecular Hbond substituents is 1. The number of sulfonamides is 1. The summed E-state index contributed by atoms with van der Waals surface area (Å²) in [7, 11) is -2.37. The molecular formula is C21H20CuN3O7S-. The van der Waals surface area contributed by atoms with Crippen LogP contribution in [0, 0.1) is 0 Å². The predicted octanol–water partition coefficient (Wildman–Crippen LogP) is 2.34. The molecule has 0 fully saturated rings. The second-order valence-corrected chi connectivity index (χ2v) is 8.49. The number of nitrogens with zero attached hydrogens (tertiary/aromatic N) is 2. The van der Waals surface area contributed by atoms with Gasteiger partial charge in [-0.25, -0.2) is 13.1 Å². The van der Waals surface area contributed by atoms with Gasteiger partial charge in [-0.2, -0.15) is 0 Å². The van der Waals surface area contributed by atoms with Crippen molar-refractivity contribution in [2.45, 2.75) is 11.3 Å². The number of methoxy groups -OCH3 is 1. The van der Waals surface area contributed by atoms with E-state index >= 15 is 0 Å². The van der Waals surface area contributed by atoms with E-state index in [1.165, 1.54) is 19.2 Å². The monoisotopic (exact) mass is 521 g/mol. The number of phenols is 2. The van der Waals surface area contributed by atoms with Crippen LogP contribution in [0.15, 0.2) is 63.7 Å². The molecule has 0 bridgehead atoms. The van der Waals surface area contributed by atoms with Crippen LogP contribution in [0.2, 0.25) is 0 Å². The van der Waals surface area contributed by atoms with Crippen LogP contribution in [0.25, 0.3) is 10.8 Å². The summed E-state index contributed by atoms with van der Waals surface area (Å²) >= 11 is 0. The fourth-order valence-electron chi connectivity index (χ4n) is 2.94. The molecule has 3 aromatic rings. The Hall–Kier alpha value is -3.02. The van der Waals surface area contributed by atoms with Crippen molar-refractivity contribution in [3.63, 3.8) is 0 Å². The molecule has 1 radical (unpaired) electrons. The van der Waals surface area contributed by atoms with Gasteiger partial charge < -0.3 is 24.9 Å². The molecule has 33 heavy (non-hydrogen) atoms. The van der Waals surface area contributed by atoms with Gasteiger partial charge in [0, 0.05) is 48.3 Å². The first-order chi connectivity index (χ1) is 15.2. The molecule has 0 saturated carbocycles. The van der Waals surface area contributed by atoms with Crippen LogP contribution in [-0.4, -0.2) is 44.9 Å². The summed E-state index contributed by atoms with van der Waals surface area (Å²) in [6.07, 6.45) is 0.474. The zero-order chi connectivity index (χ0) is 23.3. The average Bonchev–Trinajstić information content (AvgIpc) is 2.76. The minimum Gasteiger partial charge on any atom is -0.545 e. The van der Waals surface area contributed by atoms with Gasteiger partial charge in [0.1, 0.15) is 17.1 Å². The minimum absolute atomic E-state index is 0. The van der Waals surface area contributed by atoms with Crippen molar-refractivity contribution < 1.29 is 50.3 Å². The Morgan fingerprint density at radius 3 is 2.55 bits per heavy atom. The summed E-state index contributed by atoms with van der Waals surface area (Å²) in [5, 5.41) is 40.5. The van der Waals surface area contributed by atoms with Gasteiger partial charge in [-0.1, -0.05) is 24.3 Å². The molecule has 0 aromatic heterocycles. The average molecular weight is 522 g/mol. The summed E-state index contributed by atoms with van der Waals surface area (Å²) in [5.74, 6) is -2.61. The summed E-state index contributed by atoms with van der Waals surface area (Å²) < 4.78 is 32.2. The van der Waals surface area contributed by atoms with Gasteiger partial charge in [-0.05, 0) is 36.1 Å². The van der Waals surface area contributed by atoms with E-state index in [4.69, 9.17) is 4.74 Å². The fraction of sp³-hybridized carbons (Fsp3) is 0.190. The molecule has 10 nitrogen and oxygen atoms in total. The van der Waals surface area contributed by atoms with Crippen LogP contribution in [0.5, 0.6) is 11.5 Å². The van der Waals surface area contributed by atoms with E-state index in [0.717, 1.165) is 12.1 Å². The Morgan fingerprint density at radius 1 is 1.12 bits per heavy atom. The van der Waals surface area contributed by atoms with Crippen LogP contribution >= 0.6 is 0 Å². The molecule has 12 heteroatoms. The Morgan fingerprint density at radius 2 is 1.85 bits per heavy atom. The van der Waals surface area contributed by atoms with E-state index in [-0.39, 0.29) is 45.6 Å². The molecule has 0 heterocycles. The van der Waals surface area contributed by atoms with Crippen LogP contribution < -0.4 is 9.83 Å². The van der Waals surface area contributed by atoms with Gasteiger partial charge in [-0.15, -0.1) is 10.2 Å². The Kier molecular flexibility index (Phi) is 8.91. The van der Waals surface area contributed by atoms with Crippen LogP contribution in [0.1, 0.15) is 16.8 Å². The molecule has 3 rings (SSSR count). The summed E-state index contributed by atoms with van der Waals surface area (Å²) in [6.45, 7) is 0.545. The van der Waals surface area contributed by atoms with Gasteiger partial charge in [-0.3, -0.25) is 0 Å². The van der Waals surface area contributed by atoms with Crippen molar-refractivity contribution in [3.05, 3.63) is 54.1 Å². The minimum atomic E-state index is -3.88. The molecule has 3 N–H and O–H groups in total. The number of carboxylic acids is 1. The number of aromatic hydroxyl groups is 2. The smallest absolute Gasteiger partial charge is 0.240 e. The number of hydrogen-bond donors (Lipinski definition) is 3. The third-order valence-corrected chi connectivity index (χ3v) is 6.01. The number of carboxylic acid groups (broad SMARTS) is 1. The predicted molar refractivity (Wildman–Crippen MR) is 114 cm³/mol. The van der Waals surface area contributed by atoms with Crippen LogP contribution in [0.3, 0.4) is 0 Å². The van der Waals surface area contributed by atoms with E-state index in [9.17, 15) is 28.5 Å². The number of carbonyl (C=O) groups excluding carboxylic acids is 1. The maximum absolute atomic E-state index is 12.5. The number of benzene rings is 3. The third kappa shape index (κ3) is 6.06. The first kappa shape index (κ1) is 26.2. The largest absolute Gasteiger partial charge is 0.545 e. The van der Waals surface area contributed by atoms with Crippen molar-refractivity contribution in [3.8, 4) is 11.5 Å².